The van der Waals surface area contributed by atoms with E-state index in [-0.39, 0.29) is 0 Å². The van der Waals surface area contributed by atoms with Crippen molar-refractivity contribution in [1.82, 2.24) is 4.90 Å². The van der Waals surface area contributed by atoms with Gasteiger partial charge in [0.1, 0.15) is 6.79 Å². The first kappa shape index (κ1) is 11.2. The molecule has 0 aliphatic rings. The Labute approximate surface area is 73.2 Å². The first-order chi connectivity index (χ1) is 5.35. The Kier molecular flexibility index (Phi) is 8.40. The van der Waals surface area contributed by atoms with Crippen molar-refractivity contribution >= 4 is 11.6 Å². The summed E-state index contributed by atoms with van der Waals surface area (Å²) in [7, 11) is 1.61. The van der Waals surface area contributed by atoms with E-state index in [4.69, 9.17) is 21.1 Å². The summed E-state index contributed by atoms with van der Waals surface area (Å²) in [6.45, 7) is 4.93. The highest BCUT2D eigenvalue weighted by molar-refractivity contribution is 6.17. The molecule has 0 bridgehead atoms. The molecule has 0 aliphatic carbocycles. The largest absolute Gasteiger partial charge is 0.359 e. The summed E-state index contributed by atoms with van der Waals surface area (Å²) in [5.41, 5.74) is 0. The van der Waals surface area contributed by atoms with E-state index in [1.54, 1.807) is 7.11 Å². The first-order valence-corrected chi connectivity index (χ1v) is 4.23. The number of methoxy groups -OCH3 is 1. The van der Waals surface area contributed by atoms with Crippen LogP contribution >= 0.6 is 11.6 Å². The Morgan fingerprint density at radius 1 is 1.45 bits per heavy atom. The Balaban J connectivity index is 3.07. The van der Waals surface area contributed by atoms with Crippen molar-refractivity contribution in [3.05, 3.63) is 0 Å². The number of nitrogens with zero attached hydrogens (tertiary/aromatic N) is 1. The molecule has 0 atom stereocenters. The second-order valence-corrected chi connectivity index (χ2v) is 2.38. The Bertz CT molecular complexity index is 78.8. The molecule has 11 heavy (non-hydrogen) atoms. The zero-order valence-corrected chi connectivity index (χ0v) is 7.93. The normalized spacial score (nSPS) is 10.9. The minimum absolute atomic E-state index is 0.361. The summed E-state index contributed by atoms with van der Waals surface area (Å²) >= 11 is 5.62. The average Bonchev–Trinajstić information content (AvgIpc) is 2.05. The fourth-order valence-corrected chi connectivity index (χ4v) is 0.927. The molecular formula is C7H16ClNO2. The Hall–Kier alpha value is 0.170. The number of hydrogen-bond acceptors (Lipinski definition) is 3. The van der Waals surface area contributed by atoms with Gasteiger partial charge in [-0.15, -0.1) is 11.6 Å². The second-order valence-electron chi connectivity index (χ2n) is 2.14. The predicted octanol–water partition coefficient (Wildman–Crippen LogP) is 1.13. The summed E-state index contributed by atoms with van der Waals surface area (Å²) in [4.78, 5) is 2.08. The predicted molar refractivity (Wildman–Crippen MR) is 45.8 cm³/mol. The van der Waals surface area contributed by atoms with Gasteiger partial charge < -0.3 is 9.47 Å². The molecule has 0 amide bonds. The van der Waals surface area contributed by atoms with E-state index >= 15 is 0 Å². The van der Waals surface area contributed by atoms with Crippen LogP contribution in [0.15, 0.2) is 0 Å². The lowest BCUT2D eigenvalue weighted by molar-refractivity contribution is -0.0352. The minimum Gasteiger partial charge on any atom is -0.359 e. The lowest BCUT2D eigenvalue weighted by Crippen LogP contribution is -2.26. The molecule has 0 unspecified atom stereocenters. The number of hydrogen-bond donors (Lipinski definition) is 0. The van der Waals surface area contributed by atoms with Gasteiger partial charge in [0.25, 0.3) is 0 Å². The molecule has 0 saturated heterocycles. The first-order valence-electron chi connectivity index (χ1n) is 3.70. The van der Waals surface area contributed by atoms with Crippen molar-refractivity contribution in [1.29, 1.82) is 0 Å². The van der Waals surface area contributed by atoms with Crippen molar-refractivity contribution in [3.8, 4) is 0 Å². The molecular weight excluding hydrogens is 166 g/mol. The summed E-state index contributed by atoms with van der Waals surface area (Å²) < 4.78 is 9.81. The van der Waals surface area contributed by atoms with Crippen LogP contribution < -0.4 is 0 Å². The molecule has 0 radical (unpaired) electrons. The van der Waals surface area contributed by atoms with Crippen molar-refractivity contribution in [2.24, 2.45) is 0 Å². The zero-order chi connectivity index (χ0) is 8.53. The number of ether oxygens (including phenoxy) is 2. The summed E-state index contributed by atoms with van der Waals surface area (Å²) in [6.07, 6.45) is 0. The maximum atomic E-state index is 5.62. The van der Waals surface area contributed by atoms with Crippen molar-refractivity contribution in [2.45, 2.75) is 6.92 Å². The molecule has 0 aromatic heterocycles. The van der Waals surface area contributed by atoms with E-state index in [9.17, 15) is 0 Å². The molecule has 4 heteroatoms. The van der Waals surface area contributed by atoms with E-state index in [0.717, 1.165) is 13.1 Å². The van der Waals surface area contributed by atoms with E-state index in [2.05, 4.69) is 11.8 Å². The monoisotopic (exact) mass is 181 g/mol. The zero-order valence-electron chi connectivity index (χ0n) is 7.18. The van der Waals surface area contributed by atoms with Gasteiger partial charge in [-0.25, -0.2) is 0 Å². The van der Waals surface area contributed by atoms with Gasteiger partial charge in [-0.2, -0.15) is 0 Å². The van der Waals surface area contributed by atoms with Crippen molar-refractivity contribution in [3.63, 3.8) is 0 Å². The smallest absolute Gasteiger partial charge is 0.146 e. The van der Waals surface area contributed by atoms with E-state index < -0.39 is 0 Å². The minimum atomic E-state index is 0.361. The third kappa shape index (κ3) is 6.56. The van der Waals surface area contributed by atoms with E-state index in [1.165, 1.54) is 0 Å². The summed E-state index contributed by atoms with van der Waals surface area (Å²) in [6, 6.07) is 0.562. The van der Waals surface area contributed by atoms with Crippen LogP contribution in [0.2, 0.25) is 0 Å². The number of alkyl halides is 1. The average molecular weight is 182 g/mol. The molecule has 0 saturated carbocycles. The van der Waals surface area contributed by atoms with Crippen LogP contribution in [0.25, 0.3) is 0 Å². The fraction of sp³-hybridized carbons (Fsp3) is 1.00. The number of likely N-dealkylation sites (N-methyl/N-ethyl adjacent to an activating group) is 1. The molecule has 0 aliphatic heterocycles. The molecule has 0 aromatic rings. The molecule has 0 rings (SSSR count). The van der Waals surface area contributed by atoms with Crippen LogP contribution in [-0.4, -0.2) is 44.5 Å². The van der Waals surface area contributed by atoms with Gasteiger partial charge in [0.15, 0.2) is 0 Å². The summed E-state index contributed by atoms with van der Waals surface area (Å²) in [5.74, 6) is 0. The maximum Gasteiger partial charge on any atom is 0.146 e. The lowest BCUT2D eigenvalue weighted by Gasteiger charge is -2.15. The van der Waals surface area contributed by atoms with Gasteiger partial charge in [-0.05, 0) is 6.54 Å². The summed E-state index contributed by atoms with van der Waals surface area (Å²) in [5, 5.41) is 0. The van der Waals surface area contributed by atoms with Crippen molar-refractivity contribution < 1.29 is 9.47 Å². The van der Waals surface area contributed by atoms with Crippen LogP contribution in [0.5, 0.6) is 0 Å². The van der Waals surface area contributed by atoms with Gasteiger partial charge in [-0.1, -0.05) is 6.92 Å². The topological polar surface area (TPSA) is 21.7 Å². The van der Waals surface area contributed by atoms with Gasteiger partial charge in [-0.3, -0.25) is 4.90 Å². The highest BCUT2D eigenvalue weighted by Crippen LogP contribution is 1.90. The van der Waals surface area contributed by atoms with Crippen molar-refractivity contribution in [2.75, 3.05) is 39.6 Å². The molecule has 0 fully saturated rings. The molecule has 0 N–H and O–H groups in total. The molecule has 3 nitrogen and oxygen atoms in total. The lowest BCUT2D eigenvalue weighted by atomic mass is 10.5. The van der Waals surface area contributed by atoms with Crippen LogP contribution in [0, 0.1) is 0 Å². The fourth-order valence-electron chi connectivity index (χ4n) is 0.638. The van der Waals surface area contributed by atoms with Gasteiger partial charge in [0.2, 0.25) is 0 Å². The second kappa shape index (κ2) is 8.27. The molecule has 0 aromatic carbocycles. The van der Waals surface area contributed by atoms with Crippen LogP contribution in [0.1, 0.15) is 6.92 Å². The third-order valence-electron chi connectivity index (χ3n) is 1.37. The molecule has 68 valence electrons. The van der Waals surface area contributed by atoms with Crippen LogP contribution in [-0.2, 0) is 9.47 Å². The van der Waals surface area contributed by atoms with E-state index in [1.807, 2.05) is 0 Å². The van der Waals surface area contributed by atoms with Gasteiger partial charge >= 0.3 is 0 Å². The number of halogens is 1. The van der Waals surface area contributed by atoms with Crippen LogP contribution in [0.3, 0.4) is 0 Å². The SMILES string of the molecule is CCN(CCl)CCOCOC. The highest BCUT2D eigenvalue weighted by atomic mass is 35.5. The standard InChI is InChI=1S/C7H16ClNO2/c1-3-9(6-8)4-5-11-7-10-2/h3-7H2,1-2H3. The Morgan fingerprint density at radius 3 is 2.64 bits per heavy atom. The molecule has 0 spiro atoms. The third-order valence-corrected chi connectivity index (χ3v) is 1.71. The van der Waals surface area contributed by atoms with Crippen LogP contribution in [0.4, 0.5) is 0 Å². The molecule has 0 heterocycles. The maximum absolute atomic E-state index is 5.62. The van der Waals surface area contributed by atoms with Gasteiger partial charge in [0, 0.05) is 13.7 Å². The van der Waals surface area contributed by atoms with Gasteiger partial charge in [0.05, 0.1) is 12.6 Å². The number of rotatable bonds is 7. The highest BCUT2D eigenvalue weighted by Gasteiger charge is 1.97. The quantitative estimate of drug-likeness (QED) is 0.254. The Morgan fingerprint density at radius 2 is 2.18 bits per heavy atom. The van der Waals surface area contributed by atoms with E-state index in [0.29, 0.717) is 19.4 Å².